The summed E-state index contributed by atoms with van der Waals surface area (Å²) in [4.78, 5) is 6.55. The standard InChI is InChI=1S/C15H22N4O/c1-18-9-8-17-15(18)11-19(2)13(10-16)12-6-4-5-7-14(12)20-3/h4-9,13H,10-11,16H2,1-3H3. The maximum Gasteiger partial charge on any atom is 0.123 e. The Morgan fingerprint density at radius 1 is 1.40 bits per heavy atom. The summed E-state index contributed by atoms with van der Waals surface area (Å²) < 4.78 is 7.45. The lowest BCUT2D eigenvalue weighted by molar-refractivity contribution is 0.228. The molecule has 0 aliphatic carbocycles. The molecule has 2 rings (SSSR count). The number of hydrogen-bond acceptors (Lipinski definition) is 4. The van der Waals surface area contributed by atoms with Gasteiger partial charge in [-0.2, -0.15) is 0 Å². The van der Waals surface area contributed by atoms with Gasteiger partial charge in [0.15, 0.2) is 0 Å². The molecule has 1 heterocycles. The van der Waals surface area contributed by atoms with Crippen LogP contribution in [0.5, 0.6) is 5.75 Å². The first-order valence-corrected chi connectivity index (χ1v) is 6.66. The summed E-state index contributed by atoms with van der Waals surface area (Å²) in [5, 5.41) is 0. The van der Waals surface area contributed by atoms with Crippen LogP contribution < -0.4 is 10.5 Å². The lowest BCUT2D eigenvalue weighted by Crippen LogP contribution is -2.31. The Kier molecular flexibility index (Phi) is 4.76. The number of imidazole rings is 1. The van der Waals surface area contributed by atoms with Crippen molar-refractivity contribution in [3.63, 3.8) is 0 Å². The van der Waals surface area contributed by atoms with Crippen LogP contribution in [0.25, 0.3) is 0 Å². The van der Waals surface area contributed by atoms with Gasteiger partial charge >= 0.3 is 0 Å². The van der Waals surface area contributed by atoms with Crippen molar-refractivity contribution in [2.24, 2.45) is 12.8 Å². The first-order chi connectivity index (χ1) is 9.67. The molecule has 2 aromatic rings. The number of rotatable bonds is 6. The van der Waals surface area contributed by atoms with Gasteiger partial charge < -0.3 is 15.0 Å². The average molecular weight is 274 g/mol. The van der Waals surface area contributed by atoms with Crippen molar-refractivity contribution in [2.45, 2.75) is 12.6 Å². The number of benzene rings is 1. The quantitative estimate of drug-likeness (QED) is 0.868. The van der Waals surface area contributed by atoms with Crippen molar-refractivity contribution >= 4 is 0 Å². The Bertz CT molecular complexity index is 552. The second-order valence-corrected chi connectivity index (χ2v) is 4.86. The van der Waals surface area contributed by atoms with Crippen molar-refractivity contribution in [1.82, 2.24) is 14.5 Å². The Morgan fingerprint density at radius 2 is 2.15 bits per heavy atom. The normalized spacial score (nSPS) is 12.7. The van der Waals surface area contributed by atoms with E-state index >= 15 is 0 Å². The molecule has 5 heteroatoms. The van der Waals surface area contributed by atoms with Crippen molar-refractivity contribution < 1.29 is 4.74 Å². The predicted molar refractivity (Wildman–Crippen MR) is 79.5 cm³/mol. The smallest absolute Gasteiger partial charge is 0.123 e. The number of aromatic nitrogens is 2. The molecular weight excluding hydrogens is 252 g/mol. The Morgan fingerprint density at radius 3 is 2.75 bits per heavy atom. The molecule has 1 unspecified atom stereocenters. The molecule has 20 heavy (non-hydrogen) atoms. The van der Waals surface area contributed by atoms with Gasteiger partial charge in [0.1, 0.15) is 11.6 Å². The van der Waals surface area contributed by atoms with E-state index in [1.165, 1.54) is 0 Å². The van der Waals surface area contributed by atoms with E-state index < -0.39 is 0 Å². The van der Waals surface area contributed by atoms with Gasteiger partial charge in [-0.15, -0.1) is 0 Å². The van der Waals surface area contributed by atoms with Gasteiger partial charge in [-0.05, 0) is 13.1 Å². The van der Waals surface area contributed by atoms with Crippen molar-refractivity contribution in [1.29, 1.82) is 0 Å². The van der Waals surface area contributed by atoms with Crippen LogP contribution in [0.4, 0.5) is 0 Å². The maximum atomic E-state index is 5.97. The molecule has 0 radical (unpaired) electrons. The summed E-state index contributed by atoms with van der Waals surface area (Å²) in [6.45, 7) is 1.27. The van der Waals surface area contributed by atoms with Crippen molar-refractivity contribution in [2.75, 3.05) is 20.7 Å². The maximum absolute atomic E-state index is 5.97. The van der Waals surface area contributed by atoms with Gasteiger partial charge in [0, 0.05) is 31.5 Å². The van der Waals surface area contributed by atoms with Gasteiger partial charge in [0.25, 0.3) is 0 Å². The molecule has 0 spiro atoms. The topological polar surface area (TPSA) is 56.3 Å². The van der Waals surface area contributed by atoms with Crippen LogP contribution in [0.3, 0.4) is 0 Å². The van der Waals surface area contributed by atoms with Crippen LogP contribution in [0.1, 0.15) is 17.4 Å². The van der Waals surface area contributed by atoms with Crippen molar-refractivity contribution in [3.05, 3.63) is 48.0 Å². The van der Waals surface area contributed by atoms with Gasteiger partial charge in [0.2, 0.25) is 0 Å². The zero-order valence-electron chi connectivity index (χ0n) is 12.3. The molecule has 0 amide bonds. The minimum Gasteiger partial charge on any atom is -0.496 e. The van der Waals surface area contributed by atoms with Gasteiger partial charge in [-0.1, -0.05) is 18.2 Å². The number of methoxy groups -OCH3 is 1. The Labute approximate surface area is 120 Å². The first-order valence-electron chi connectivity index (χ1n) is 6.66. The molecule has 1 aromatic heterocycles. The fourth-order valence-electron chi connectivity index (χ4n) is 2.37. The molecular formula is C15H22N4O. The molecule has 0 saturated heterocycles. The minimum absolute atomic E-state index is 0.0999. The summed E-state index contributed by atoms with van der Waals surface area (Å²) in [6.07, 6.45) is 3.76. The second-order valence-electron chi connectivity index (χ2n) is 4.86. The molecule has 5 nitrogen and oxygen atoms in total. The van der Waals surface area contributed by atoms with E-state index in [1.54, 1.807) is 7.11 Å². The molecule has 0 aliphatic rings. The van der Waals surface area contributed by atoms with E-state index in [2.05, 4.69) is 23.0 Å². The average Bonchev–Trinajstić information content (AvgIpc) is 2.85. The molecule has 0 saturated carbocycles. The van der Waals surface area contributed by atoms with Gasteiger partial charge in [-0.25, -0.2) is 4.98 Å². The fourth-order valence-corrected chi connectivity index (χ4v) is 2.37. The fraction of sp³-hybridized carbons (Fsp3) is 0.400. The number of aryl methyl sites for hydroxylation is 1. The zero-order valence-corrected chi connectivity index (χ0v) is 12.3. The molecule has 0 aliphatic heterocycles. The highest BCUT2D eigenvalue weighted by molar-refractivity contribution is 5.36. The van der Waals surface area contributed by atoms with Gasteiger partial charge in [0.05, 0.1) is 19.7 Å². The zero-order chi connectivity index (χ0) is 14.5. The van der Waals surface area contributed by atoms with E-state index in [4.69, 9.17) is 10.5 Å². The highest BCUT2D eigenvalue weighted by Crippen LogP contribution is 2.28. The third-order valence-electron chi connectivity index (χ3n) is 3.57. The predicted octanol–water partition coefficient (Wildman–Crippen LogP) is 1.56. The van der Waals surface area contributed by atoms with Crippen molar-refractivity contribution in [3.8, 4) is 5.75 Å². The third kappa shape index (κ3) is 3.00. The Hall–Kier alpha value is -1.85. The lowest BCUT2D eigenvalue weighted by Gasteiger charge is -2.28. The SMILES string of the molecule is COc1ccccc1C(CN)N(C)Cc1nccn1C. The third-order valence-corrected chi connectivity index (χ3v) is 3.57. The summed E-state index contributed by atoms with van der Waals surface area (Å²) >= 11 is 0. The summed E-state index contributed by atoms with van der Waals surface area (Å²) in [5.41, 5.74) is 7.08. The number of hydrogen-bond donors (Lipinski definition) is 1. The summed E-state index contributed by atoms with van der Waals surface area (Å²) in [6, 6.07) is 8.10. The van der Waals surface area contributed by atoms with Crippen LogP contribution in [-0.2, 0) is 13.6 Å². The Balaban J connectivity index is 2.21. The summed E-state index contributed by atoms with van der Waals surface area (Å²) in [5.74, 6) is 1.88. The number of ether oxygens (including phenoxy) is 1. The highest BCUT2D eigenvalue weighted by Gasteiger charge is 2.20. The first kappa shape index (κ1) is 14.6. The molecule has 0 bridgehead atoms. The van der Waals surface area contributed by atoms with Crippen LogP contribution in [0.15, 0.2) is 36.7 Å². The highest BCUT2D eigenvalue weighted by atomic mass is 16.5. The van der Waals surface area contributed by atoms with E-state index in [9.17, 15) is 0 Å². The monoisotopic (exact) mass is 274 g/mol. The molecule has 1 atom stereocenters. The molecule has 2 N–H and O–H groups in total. The van der Waals surface area contributed by atoms with Crippen LogP contribution in [-0.4, -0.2) is 35.2 Å². The summed E-state index contributed by atoms with van der Waals surface area (Å²) in [7, 11) is 5.74. The molecule has 0 fully saturated rings. The largest absolute Gasteiger partial charge is 0.496 e. The van der Waals surface area contributed by atoms with E-state index in [0.29, 0.717) is 6.54 Å². The van der Waals surface area contributed by atoms with E-state index in [0.717, 1.165) is 23.7 Å². The molecule has 1 aromatic carbocycles. The number of nitrogens with two attached hydrogens (primary N) is 1. The van der Waals surface area contributed by atoms with Crippen LogP contribution in [0, 0.1) is 0 Å². The van der Waals surface area contributed by atoms with Crippen LogP contribution in [0.2, 0.25) is 0 Å². The number of nitrogens with zero attached hydrogens (tertiary/aromatic N) is 3. The lowest BCUT2D eigenvalue weighted by atomic mass is 10.0. The van der Waals surface area contributed by atoms with Crippen LogP contribution >= 0.6 is 0 Å². The van der Waals surface area contributed by atoms with Gasteiger partial charge in [-0.3, -0.25) is 4.90 Å². The number of likely N-dealkylation sites (N-methyl/N-ethyl adjacent to an activating group) is 1. The number of para-hydroxylation sites is 1. The minimum atomic E-state index is 0.0999. The van der Waals surface area contributed by atoms with E-state index in [-0.39, 0.29) is 6.04 Å². The second kappa shape index (κ2) is 6.54. The van der Waals surface area contributed by atoms with E-state index in [1.807, 2.05) is 42.2 Å². The molecule has 108 valence electrons.